The van der Waals surface area contributed by atoms with Gasteiger partial charge in [0.25, 0.3) is 0 Å². The molecule has 1 aliphatic carbocycles. The first kappa shape index (κ1) is 15.0. The third-order valence-electron chi connectivity index (χ3n) is 3.50. The van der Waals surface area contributed by atoms with E-state index in [1.807, 2.05) is 0 Å². The van der Waals surface area contributed by atoms with Crippen LogP contribution in [0.2, 0.25) is 0 Å². The molecule has 1 N–H and O–H groups in total. The Labute approximate surface area is 108 Å². The molecule has 0 aromatic carbocycles. The van der Waals surface area contributed by atoms with Gasteiger partial charge in [0.2, 0.25) is 0 Å². The molecule has 2 heteroatoms. The van der Waals surface area contributed by atoms with Gasteiger partial charge in [-0.2, -0.15) is 0 Å². The van der Waals surface area contributed by atoms with Crippen LogP contribution in [-0.4, -0.2) is 25.3 Å². The minimum Gasteiger partial charge on any atom is -0.378 e. The highest BCUT2D eigenvalue weighted by Crippen LogP contribution is 2.23. The number of hydrogen-bond acceptors (Lipinski definition) is 2. The van der Waals surface area contributed by atoms with Crippen LogP contribution < -0.4 is 5.32 Å². The molecule has 0 amide bonds. The molecule has 0 atom stereocenters. The molecule has 0 heterocycles. The highest BCUT2D eigenvalue weighted by atomic mass is 16.5. The fourth-order valence-electron chi connectivity index (χ4n) is 2.28. The molecule has 102 valence electrons. The molecule has 0 saturated heterocycles. The van der Waals surface area contributed by atoms with Gasteiger partial charge in [-0.05, 0) is 12.8 Å². The van der Waals surface area contributed by atoms with Gasteiger partial charge in [0, 0.05) is 18.0 Å². The molecule has 1 rings (SSSR count). The van der Waals surface area contributed by atoms with Crippen LogP contribution in [0.15, 0.2) is 0 Å². The first-order valence-electron chi connectivity index (χ1n) is 7.34. The second kappa shape index (κ2) is 7.38. The van der Waals surface area contributed by atoms with Crippen molar-refractivity contribution in [3.63, 3.8) is 0 Å². The zero-order valence-electron chi connectivity index (χ0n) is 12.2. The standard InChI is InChI=1S/C15H31NO/c1-13(2)16-11-15(3,4)12-17-14-9-7-5-6-8-10-14/h13-14,16H,5-12H2,1-4H3. The SMILES string of the molecule is CC(C)NCC(C)(C)COC1CCCCCC1. The van der Waals surface area contributed by atoms with Crippen molar-refractivity contribution in [3.8, 4) is 0 Å². The van der Waals surface area contributed by atoms with Crippen LogP contribution in [0.4, 0.5) is 0 Å². The van der Waals surface area contributed by atoms with Gasteiger partial charge in [0.15, 0.2) is 0 Å². The second-order valence-corrected chi connectivity index (χ2v) is 6.62. The van der Waals surface area contributed by atoms with Crippen LogP contribution >= 0.6 is 0 Å². The molecule has 0 radical (unpaired) electrons. The normalized spacial score (nSPS) is 19.6. The summed E-state index contributed by atoms with van der Waals surface area (Å²) in [7, 11) is 0. The first-order valence-corrected chi connectivity index (χ1v) is 7.34. The van der Waals surface area contributed by atoms with Gasteiger partial charge < -0.3 is 10.1 Å². The fourth-order valence-corrected chi connectivity index (χ4v) is 2.28. The van der Waals surface area contributed by atoms with E-state index in [1.165, 1.54) is 38.5 Å². The average Bonchev–Trinajstić information content (AvgIpc) is 2.52. The van der Waals surface area contributed by atoms with E-state index in [9.17, 15) is 0 Å². The number of rotatable bonds is 6. The van der Waals surface area contributed by atoms with Gasteiger partial charge in [0.1, 0.15) is 0 Å². The number of nitrogens with one attached hydrogen (secondary N) is 1. The Morgan fingerprint density at radius 1 is 1.12 bits per heavy atom. The van der Waals surface area contributed by atoms with Crippen LogP contribution in [0.5, 0.6) is 0 Å². The maximum Gasteiger partial charge on any atom is 0.0575 e. The van der Waals surface area contributed by atoms with Crippen LogP contribution in [0.1, 0.15) is 66.2 Å². The van der Waals surface area contributed by atoms with Gasteiger partial charge in [-0.25, -0.2) is 0 Å². The molecule has 0 aromatic rings. The van der Waals surface area contributed by atoms with Gasteiger partial charge in [-0.1, -0.05) is 53.4 Å². The second-order valence-electron chi connectivity index (χ2n) is 6.62. The molecule has 0 bridgehead atoms. The predicted octanol–water partition coefficient (Wildman–Crippen LogP) is 3.75. The smallest absolute Gasteiger partial charge is 0.0575 e. The quantitative estimate of drug-likeness (QED) is 0.715. The summed E-state index contributed by atoms with van der Waals surface area (Å²) < 4.78 is 6.12. The molecule has 17 heavy (non-hydrogen) atoms. The Balaban J connectivity index is 2.22. The topological polar surface area (TPSA) is 21.3 Å². The van der Waals surface area contributed by atoms with Crippen molar-refractivity contribution in [3.05, 3.63) is 0 Å². The summed E-state index contributed by atoms with van der Waals surface area (Å²) in [6.07, 6.45) is 8.58. The third-order valence-corrected chi connectivity index (χ3v) is 3.50. The van der Waals surface area contributed by atoms with Crippen molar-refractivity contribution >= 4 is 0 Å². The zero-order valence-corrected chi connectivity index (χ0v) is 12.2. The minimum absolute atomic E-state index is 0.247. The van der Waals surface area contributed by atoms with Crippen molar-refractivity contribution in [1.82, 2.24) is 5.32 Å². The van der Waals surface area contributed by atoms with E-state index in [2.05, 4.69) is 33.0 Å². The average molecular weight is 241 g/mol. The molecule has 0 unspecified atom stereocenters. The number of ether oxygens (including phenoxy) is 1. The molecule has 2 nitrogen and oxygen atoms in total. The lowest BCUT2D eigenvalue weighted by molar-refractivity contribution is -0.00447. The zero-order chi connectivity index (χ0) is 12.7. The largest absolute Gasteiger partial charge is 0.378 e. The van der Waals surface area contributed by atoms with Crippen molar-refractivity contribution in [2.75, 3.05) is 13.2 Å². The van der Waals surface area contributed by atoms with Crippen molar-refractivity contribution in [2.24, 2.45) is 5.41 Å². The third kappa shape index (κ3) is 7.05. The Kier molecular flexibility index (Phi) is 6.50. The predicted molar refractivity (Wildman–Crippen MR) is 74.4 cm³/mol. The molecule has 1 aliphatic rings. The van der Waals surface area contributed by atoms with E-state index in [1.54, 1.807) is 0 Å². The first-order chi connectivity index (χ1) is 7.99. The van der Waals surface area contributed by atoms with Crippen LogP contribution in [-0.2, 0) is 4.74 Å². The molecule has 1 saturated carbocycles. The van der Waals surface area contributed by atoms with Crippen LogP contribution in [0, 0.1) is 5.41 Å². The van der Waals surface area contributed by atoms with E-state index in [4.69, 9.17) is 4.74 Å². The summed E-state index contributed by atoms with van der Waals surface area (Å²) in [5.74, 6) is 0. The molecular formula is C15H31NO. The molecule has 0 spiro atoms. The minimum atomic E-state index is 0.247. The Morgan fingerprint density at radius 2 is 1.71 bits per heavy atom. The van der Waals surface area contributed by atoms with E-state index in [-0.39, 0.29) is 5.41 Å². The van der Waals surface area contributed by atoms with Crippen molar-refractivity contribution < 1.29 is 4.74 Å². The van der Waals surface area contributed by atoms with E-state index in [0.717, 1.165) is 13.2 Å². The Bertz CT molecular complexity index is 193. The molecule has 1 fully saturated rings. The highest BCUT2D eigenvalue weighted by Gasteiger charge is 2.21. The van der Waals surface area contributed by atoms with Gasteiger partial charge in [-0.15, -0.1) is 0 Å². The Morgan fingerprint density at radius 3 is 2.24 bits per heavy atom. The van der Waals surface area contributed by atoms with E-state index in [0.29, 0.717) is 12.1 Å². The summed E-state index contributed by atoms with van der Waals surface area (Å²) in [5, 5.41) is 3.51. The van der Waals surface area contributed by atoms with E-state index < -0.39 is 0 Å². The van der Waals surface area contributed by atoms with Crippen LogP contribution in [0.3, 0.4) is 0 Å². The molecule has 0 aliphatic heterocycles. The Hall–Kier alpha value is -0.0800. The van der Waals surface area contributed by atoms with Gasteiger partial charge in [0.05, 0.1) is 12.7 Å². The van der Waals surface area contributed by atoms with E-state index >= 15 is 0 Å². The lowest BCUT2D eigenvalue weighted by atomic mass is 9.94. The summed E-state index contributed by atoms with van der Waals surface area (Å²) in [6, 6.07) is 0.562. The maximum absolute atomic E-state index is 6.12. The lowest BCUT2D eigenvalue weighted by Crippen LogP contribution is -2.37. The lowest BCUT2D eigenvalue weighted by Gasteiger charge is -2.28. The monoisotopic (exact) mass is 241 g/mol. The van der Waals surface area contributed by atoms with Gasteiger partial charge in [-0.3, -0.25) is 0 Å². The highest BCUT2D eigenvalue weighted by molar-refractivity contribution is 4.74. The van der Waals surface area contributed by atoms with Gasteiger partial charge >= 0.3 is 0 Å². The summed E-state index contributed by atoms with van der Waals surface area (Å²) in [4.78, 5) is 0. The van der Waals surface area contributed by atoms with Crippen LogP contribution in [0.25, 0.3) is 0 Å². The molecular weight excluding hydrogens is 210 g/mol. The maximum atomic E-state index is 6.12. The summed E-state index contributed by atoms with van der Waals surface area (Å²) in [6.45, 7) is 10.9. The molecule has 0 aromatic heterocycles. The fraction of sp³-hybridized carbons (Fsp3) is 1.00. The summed E-state index contributed by atoms with van der Waals surface area (Å²) in [5.41, 5.74) is 0.247. The summed E-state index contributed by atoms with van der Waals surface area (Å²) >= 11 is 0. The van der Waals surface area contributed by atoms with Crippen molar-refractivity contribution in [1.29, 1.82) is 0 Å². The van der Waals surface area contributed by atoms with Crippen molar-refractivity contribution in [2.45, 2.75) is 78.4 Å². The number of hydrogen-bond donors (Lipinski definition) is 1.